The number of H-pyrrole nitrogens is 1. The van der Waals surface area contributed by atoms with Crippen molar-refractivity contribution in [2.75, 3.05) is 0 Å². The van der Waals surface area contributed by atoms with Gasteiger partial charge in [-0.15, -0.1) is 0 Å². The third-order valence-electron chi connectivity index (χ3n) is 2.50. The SMILES string of the molecule is Cc1cccc(C(N)=O)c1.O=c1[nH]c2ncccc2o1. The van der Waals surface area contributed by atoms with Crippen LogP contribution in [-0.4, -0.2) is 15.9 Å². The van der Waals surface area contributed by atoms with E-state index in [1.807, 2.05) is 19.1 Å². The summed E-state index contributed by atoms with van der Waals surface area (Å²) in [4.78, 5) is 27.4. The molecule has 3 aromatic rings. The molecule has 3 N–H and O–H groups in total. The first-order valence-corrected chi connectivity index (χ1v) is 5.86. The molecule has 0 unspecified atom stereocenters. The second-order valence-electron chi connectivity index (χ2n) is 4.10. The topological polar surface area (TPSA) is 102 Å². The maximum atomic E-state index is 10.6. The number of nitrogens with one attached hydrogen (secondary N) is 1. The molecule has 0 aliphatic rings. The summed E-state index contributed by atoms with van der Waals surface area (Å²) in [6, 6.07) is 10.6. The van der Waals surface area contributed by atoms with E-state index in [2.05, 4.69) is 9.97 Å². The standard InChI is InChI=1S/C8H9NO.C6H4N2O2/c1-6-3-2-4-7(5-6)8(9)10;9-6-8-5-4(10-6)2-1-3-7-5/h2-5H,1H3,(H2,9,10);1-3H,(H,7,8,9). The Morgan fingerprint density at radius 1 is 1.30 bits per heavy atom. The lowest BCUT2D eigenvalue weighted by molar-refractivity contribution is 0.1000. The number of hydrogen-bond acceptors (Lipinski definition) is 4. The molecule has 102 valence electrons. The van der Waals surface area contributed by atoms with Gasteiger partial charge in [0, 0.05) is 11.8 Å². The minimum absolute atomic E-state index is 0.372. The van der Waals surface area contributed by atoms with Gasteiger partial charge in [0.2, 0.25) is 5.91 Å². The average Bonchev–Trinajstić information content (AvgIpc) is 2.79. The molecule has 0 spiro atoms. The van der Waals surface area contributed by atoms with Crippen molar-refractivity contribution < 1.29 is 9.21 Å². The molecule has 0 aliphatic carbocycles. The number of carbonyl (C=O) groups is 1. The largest absolute Gasteiger partial charge is 0.418 e. The van der Waals surface area contributed by atoms with Crippen molar-refractivity contribution in [2.24, 2.45) is 5.73 Å². The lowest BCUT2D eigenvalue weighted by atomic mass is 10.1. The quantitative estimate of drug-likeness (QED) is 0.701. The van der Waals surface area contributed by atoms with Crippen LogP contribution in [0.25, 0.3) is 11.2 Å². The van der Waals surface area contributed by atoms with Crippen LogP contribution >= 0.6 is 0 Å². The highest BCUT2D eigenvalue weighted by molar-refractivity contribution is 5.92. The van der Waals surface area contributed by atoms with Crippen LogP contribution in [-0.2, 0) is 0 Å². The molecule has 2 heterocycles. The van der Waals surface area contributed by atoms with Crippen molar-refractivity contribution in [3.63, 3.8) is 0 Å². The molecule has 0 radical (unpaired) electrons. The molecular weight excluding hydrogens is 258 g/mol. The van der Waals surface area contributed by atoms with Gasteiger partial charge in [-0.05, 0) is 31.2 Å². The Bertz CT molecular complexity index is 753. The molecule has 0 aliphatic heterocycles. The van der Waals surface area contributed by atoms with Crippen LogP contribution in [0.3, 0.4) is 0 Å². The predicted octanol–water partition coefficient (Wildman–Crippen LogP) is 1.61. The van der Waals surface area contributed by atoms with Gasteiger partial charge in [0.05, 0.1) is 0 Å². The van der Waals surface area contributed by atoms with Crippen molar-refractivity contribution in [1.29, 1.82) is 0 Å². The summed E-state index contributed by atoms with van der Waals surface area (Å²) in [5, 5.41) is 0. The Morgan fingerprint density at radius 2 is 2.10 bits per heavy atom. The van der Waals surface area contributed by atoms with Gasteiger partial charge >= 0.3 is 5.76 Å². The number of nitrogens with zero attached hydrogens (tertiary/aromatic N) is 1. The highest BCUT2D eigenvalue weighted by atomic mass is 16.4. The number of fused-ring (bicyclic) bond motifs is 1. The summed E-state index contributed by atoms with van der Waals surface area (Å²) >= 11 is 0. The van der Waals surface area contributed by atoms with Crippen molar-refractivity contribution in [1.82, 2.24) is 9.97 Å². The molecule has 3 rings (SSSR count). The lowest BCUT2D eigenvalue weighted by Crippen LogP contribution is -2.10. The van der Waals surface area contributed by atoms with E-state index in [0.29, 0.717) is 16.8 Å². The summed E-state index contributed by atoms with van der Waals surface area (Å²) in [7, 11) is 0. The Morgan fingerprint density at radius 3 is 2.70 bits per heavy atom. The van der Waals surface area contributed by atoms with Gasteiger partial charge in [0.25, 0.3) is 0 Å². The Hall–Kier alpha value is -2.89. The molecule has 6 heteroatoms. The molecule has 0 saturated heterocycles. The maximum Gasteiger partial charge on any atom is 0.418 e. The van der Waals surface area contributed by atoms with E-state index in [-0.39, 0.29) is 5.91 Å². The average molecular weight is 271 g/mol. The van der Waals surface area contributed by atoms with Crippen LogP contribution in [0, 0.1) is 6.92 Å². The van der Waals surface area contributed by atoms with Gasteiger partial charge < -0.3 is 10.2 Å². The van der Waals surface area contributed by atoms with Crippen LogP contribution in [0.2, 0.25) is 0 Å². The van der Waals surface area contributed by atoms with Gasteiger partial charge in [-0.1, -0.05) is 17.7 Å². The lowest BCUT2D eigenvalue weighted by Gasteiger charge is -1.94. The number of carbonyl (C=O) groups excluding carboxylic acids is 1. The van der Waals surface area contributed by atoms with Crippen LogP contribution in [0.1, 0.15) is 15.9 Å². The number of aryl methyl sites for hydroxylation is 1. The van der Waals surface area contributed by atoms with Gasteiger partial charge in [-0.25, -0.2) is 9.78 Å². The zero-order valence-electron chi connectivity index (χ0n) is 10.8. The Labute approximate surface area is 114 Å². The molecule has 1 aromatic carbocycles. The van der Waals surface area contributed by atoms with Gasteiger partial charge in [-0.2, -0.15) is 0 Å². The van der Waals surface area contributed by atoms with Crippen LogP contribution in [0.5, 0.6) is 0 Å². The number of aromatic nitrogens is 2. The number of rotatable bonds is 1. The van der Waals surface area contributed by atoms with E-state index in [9.17, 15) is 9.59 Å². The number of nitrogens with two attached hydrogens (primary N) is 1. The number of amides is 1. The zero-order chi connectivity index (χ0) is 14.5. The van der Waals surface area contributed by atoms with Crippen molar-refractivity contribution in [2.45, 2.75) is 6.92 Å². The fourth-order valence-electron chi connectivity index (χ4n) is 1.59. The highest BCUT2D eigenvalue weighted by Crippen LogP contribution is 2.03. The van der Waals surface area contributed by atoms with Crippen LogP contribution in [0.15, 0.2) is 51.8 Å². The molecule has 2 aromatic heterocycles. The second kappa shape index (κ2) is 5.83. The summed E-state index contributed by atoms with van der Waals surface area (Å²) in [5.41, 5.74) is 7.65. The van der Waals surface area contributed by atoms with Gasteiger partial charge in [0.1, 0.15) is 0 Å². The van der Waals surface area contributed by atoms with E-state index in [1.165, 1.54) is 0 Å². The third-order valence-corrected chi connectivity index (χ3v) is 2.50. The monoisotopic (exact) mass is 271 g/mol. The van der Waals surface area contributed by atoms with E-state index in [1.54, 1.807) is 30.5 Å². The van der Waals surface area contributed by atoms with Crippen molar-refractivity contribution in [3.05, 3.63) is 64.3 Å². The number of oxazole rings is 1. The molecule has 0 bridgehead atoms. The number of hydrogen-bond donors (Lipinski definition) is 2. The first-order chi connectivity index (χ1) is 9.56. The number of pyridine rings is 1. The Balaban J connectivity index is 0.000000147. The fourth-order valence-corrected chi connectivity index (χ4v) is 1.59. The minimum Gasteiger partial charge on any atom is -0.406 e. The first kappa shape index (κ1) is 13.5. The molecule has 0 atom stereocenters. The normalized spacial score (nSPS) is 9.85. The summed E-state index contributed by atoms with van der Waals surface area (Å²) in [6.07, 6.45) is 1.59. The summed E-state index contributed by atoms with van der Waals surface area (Å²) < 4.78 is 4.69. The second-order valence-corrected chi connectivity index (χ2v) is 4.10. The molecule has 20 heavy (non-hydrogen) atoms. The molecule has 1 amide bonds. The zero-order valence-corrected chi connectivity index (χ0v) is 10.8. The highest BCUT2D eigenvalue weighted by Gasteiger charge is 1.97. The first-order valence-electron chi connectivity index (χ1n) is 5.86. The van der Waals surface area contributed by atoms with E-state index in [0.717, 1.165) is 5.56 Å². The smallest absolute Gasteiger partial charge is 0.406 e. The molecule has 0 saturated carbocycles. The van der Waals surface area contributed by atoms with E-state index in [4.69, 9.17) is 10.2 Å². The number of benzene rings is 1. The van der Waals surface area contributed by atoms with Gasteiger partial charge in [0.15, 0.2) is 11.2 Å². The summed E-state index contributed by atoms with van der Waals surface area (Å²) in [6.45, 7) is 1.92. The van der Waals surface area contributed by atoms with Gasteiger partial charge in [-0.3, -0.25) is 9.78 Å². The predicted molar refractivity (Wildman–Crippen MR) is 74.3 cm³/mol. The molecule has 0 fully saturated rings. The van der Waals surface area contributed by atoms with Crippen LogP contribution in [0.4, 0.5) is 0 Å². The van der Waals surface area contributed by atoms with E-state index < -0.39 is 5.76 Å². The molecule has 6 nitrogen and oxygen atoms in total. The Kier molecular flexibility index (Phi) is 3.95. The maximum absolute atomic E-state index is 10.6. The minimum atomic E-state index is -0.464. The third kappa shape index (κ3) is 3.32. The van der Waals surface area contributed by atoms with Crippen molar-refractivity contribution in [3.8, 4) is 0 Å². The van der Waals surface area contributed by atoms with E-state index >= 15 is 0 Å². The molecular formula is C14H13N3O3. The van der Waals surface area contributed by atoms with Crippen LogP contribution < -0.4 is 11.5 Å². The number of primary amides is 1. The summed E-state index contributed by atoms with van der Waals surface area (Å²) in [5.74, 6) is -0.836. The van der Waals surface area contributed by atoms with Crippen molar-refractivity contribution >= 4 is 17.1 Å². The fraction of sp³-hybridized carbons (Fsp3) is 0.0714. The number of aromatic amines is 1.